The molecule has 70 valence electrons. The number of ketones is 1. The third-order valence-corrected chi connectivity index (χ3v) is 2.56. The van der Waals surface area contributed by atoms with Crippen molar-refractivity contribution in [3.63, 3.8) is 0 Å². The molecule has 1 saturated heterocycles. The van der Waals surface area contributed by atoms with Crippen LogP contribution in [-0.4, -0.2) is 37.4 Å². The van der Waals surface area contributed by atoms with Gasteiger partial charge >= 0.3 is 0 Å². The van der Waals surface area contributed by atoms with Gasteiger partial charge < -0.3 is 10.6 Å². The average molecular weight is 170 g/mol. The number of hydrogen-bond donors (Lipinski definition) is 1. The number of carbonyl (C=O) groups excluding carboxylic acids is 1. The average Bonchev–Trinajstić information content (AvgIpc) is 2.06. The molecule has 0 spiro atoms. The number of likely N-dealkylation sites (tertiary alicyclic amines) is 1. The van der Waals surface area contributed by atoms with E-state index in [1.807, 2.05) is 0 Å². The zero-order chi connectivity index (χ0) is 8.97. The smallest absolute Gasteiger partial charge is 0.137 e. The van der Waals surface area contributed by atoms with Crippen LogP contribution in [0.15, 0.2) is 0 Å². The van der Waals surface area contributed by atoms with Crippen LogP contribution in [0.5, 0.6) is 0 Å². The third kappa shape index (κ3) is 2.57. The second-order valence-corrected chi connectivity index (χ2v) is 3.58. The Balaban J connectivity index is 2.29. The minimum atomic E-state index is 0.296. The van der Waals surface area contributed by atoms with Crippen LogP contribution in [0.1, 0.15) is 19.3 Å². The number of nitrogens with two attached hydrogens (primary N) is 1. The fraction of sp³-hybridized carbons (Fsp3) is 0.889. The van der Waals surface area contributed by atoms with Gasteiger partial charge in [-0.2, -0.15) is 0 Å². The molecule has 12 heavy (non-hydrogen) atoms. The van der Waals surface area contributed by atoms with Gasteiger partial charge in [-0.3, -0.25) is 4.79 Å². The molecular formula is C9H18N2O. The second kappa shape index (κ2) is 4.58. The van der Waals surface area contributed by atoms with Gasteiger partial charge in [0.15, 0.2) is 0 Å². The molecule has 0 saturated carbocycles. The molecule has 0 aromatic heterocycles. The molecule has 0 aromatic carbocycles. The number of nitrogens with zero attached hydrogens (tertiary/aromatic N) is 1. The first kappa shape index (κ1) is 9.68. The van der Waals surface area contributed by atoms with Crippen molar-refractivity contribution in [1.82, 2.24) is 4.90 Å². The van der Waals surface area contributed by atoms with E-state index >= 15 is 0 Å². The summed E-state index contributed by atoms with van der Waals surface area (Å²) < 4.78 is 0. The van der Waals surface area contributed by atoms with Crippen molar-refractivity contribution >= 4 is 5.78 Å². The first-order valence-electron chi connectivity index (χ1n) is 4.65. The van der Waals surface area contributed by atoms with Crippen molar-refractivity contribution in [3.05, 3.63) is 0 Å². The Bertz CT molecular complexity index is 151. The Morgan fingerprint density at radius 2 is 2.08 bits per heavy atom. The van der Waals surface area contributed by atoms with Gasteiger partial charge in [0.05, 0.1) is 0 Å². The van der Waals surface area contributed by atoms with Gasteiger partial charge in [-0.15, -0.1) is 0 Å². The molecule has 1 rings (SSSR count). The highest BCUT2D eigenvalue weighted by Gasteiger charge is 2.21. The molecule has 0 aliphatic carbocycles. The lowest BCUT2D eigenvalue weighted by Gasteiger charge is -2.27. The maximum Gasteiger partial charge on any atom is 0.137 e. The van der Waals surface area contributed by atoms with Gasteiger partial charge in [0.25, 0.3) is 0 Å². The van der Waals surface area contributed by atoms with Gasteiger partial charge in [0.1, 0.15) is 5.78 Å². The van der Waals surface area contributed by atoms with Crippen molar-refractivity contribution in [1.29, 1.82) is 0 Å². The van der Waals surface area contributed by atoms with Crippen LogP contribution in [0.4, 0.5) is 0 Å². The van der Waals surface area contributed by atoms with E-state index in [0.29, 0.717) is 24.7 Å². The maximum atomic E-state index is 11.4. The summed E-state index contributed by atoms with van der Waals surface area (Å²) in [7, 11) is 2.10. The van der Waals surface area contributed by atoms with Crippen LogP contribution in [0.25, 0.3) is 0 Å². The predicted molar refractivity (Wildman–Crippen MR) is 48.9 cm³/mol. The third-order valence-electron chi connectivity index (χ3n) is 2.56. The lowest BCUT2D eigenvalue weighted by atomic mass is 9.91. The van der Waals surface area contributed by atoms with Gasteiger partial charge in [0.2, 0.25) is 0 Å². The van der Waals surface area contributed by atoms with Crippen LogP contribution >= 0.6 is 0 Å². The number of Topliss-reactive ketones (excluding diaryl/α,β-unsaturated/α-hetero) is 1. The Morgan fingerprint density at radius 3 is 2.58 bits per heavy atom. The maximum absolute atomic E-state index is 11.4. The molecule has 1 aliphatic heterocycles. The standard InChI is InChI=1S/C9H18N2O/c1-11-6-3-8(4-7-11)9(12)2-5-10/h8H,2-7,10H2,1H3. The highest BCUT2D eigenvalue weighted by molar-refractivity contribution is 5.81. The van der Waals surface area contributed by atoms with Crippen LogP contribution < -0.4 is 5.73 Å². The highest BCUT2D eigenvalue weighted by atomic mass is 16.1. The van der Waals surface area contributed by atoms with Crippen LogP contribution in [0.2, 0.25) is 0 Å². The monoisotopic (exact) mass is 170 g/mol. The largest absolute Gasteiger partial charge is 0.330 e. The fourth-order valence-corrected chi connectivity index (χ4v) is 1.68. The minimum absolute atomic E-state index is 0.296. The molecule has 3 heteroatoms. The fourth-order valence-electron chi connectivity index (χ4n) is 1.68. The van der Waals surface area contributed by atoms with Crippen molar-refractivity contribution < 1.29 is 4.79 Å². The predicted octanol–water partition coefficient (Wildman–Crippen LogP) is 0.246. The summed E-state index contributed by atoms with van der Waals surface area (Å²) in [5.41, 5.74) is 5.33. The SMILES string of the molecule is CN1CCC(C(=O)CCN)CC1. The lowest BCUT2D eigenvalue weighted by Crippen LogP contribution is -2.34. The summed E-state index contributed by atoms with van der Waals surface area (Å²) in [6.07, 6.45) is 2.61. The molecule has 0 aromatic rings. The van der Waals surface area contributed by atoms with E-state index in [4.69, 9.17) is 5.73 Å². The van der Waals surface area contributed by atoms with E-state index < -0.39 is 0 Å². The summed E-state index contributed by atoms with van der Waals surface area (Å²) in [4.78, 5) is 13.7. The quantitative estimate of drug-likeness (QED) is 0.660. The summed E-state index contributed by atoms with van der Waals surface area (Å²) in [5, 5.41) is 0. The lowest BCUT2D eigenvalue weighted by molar-refractivity contribution is -0.123. The second-order valence-electron chi connectivity index (χ2n) is 3.58. The summed E-state index contributed by atoms with van der Waals surface area (Å²) in [6, 6.07) is 0. The van der Waals surface area contributed by atoms with Crippen molar-refractivity contribution in [2.75, 3.05) is 26.7 Å². The van der Waals surface area contributed by atoms with E-state index in [1.54, 1.807) is 0 Å². The van der Waals surface area contributed by atoms with Crippen LogP contribution in [-0.2, 0) is 4.79 Å². The Hall–Kier alpha value is -0.410. The van der Waals surface area contributed by atoms with E-state index in [2.05, 4.69) is 11.9 Å². The molecule has 1 fully saturated rings. The molecule has 0 bridgehead atoms. The van der Waals surface area contributed by atoms with Gasteiger partial charge in [-0.05, 0) is 39.5 Å². The first-order chi connectivity index (χ1) is 5.74. The first-order valence-corrected chi connectivity index (χ1v) is 4.65. The highest BCUT2D eigenvalue weighted by Crippen LogP contribution is 2.17. The van der Waals surface area contributed by atoms with E-state index in [0.717, 1.165) is 25.9 Å². The topological polar surface area (TPSA) is 46.3 Å². The van der Waals surface area contributed by atoms with Crippen LogP contribution in [0, 0.1) is 5.92 Å². The Labute approximate surface area is 73.9 Å². The molecule has 0 unspecified atom stereocenters. The van der Waals surface area contributed by atoms with E-state index in [1.165, 1.54) is 0 Å². The normalized spacial score (nSPS) is 21.2. The molecule has 2 N–H and O–H groups in total. The molecule has 3 nitrogen and oxygen atoms in total. The summed E-state index contributed by atoms with van der Waals surface area (Å²) in [5.74, 6) is 0.662. The summed E-state index contributed by atoms with van der Waals surface area (Å²) >= 11 is 0. The number of piperidine rings is 1. The molecule has 0 amide bonds. The molecular weight excluding hydrogens is 152 g/mol. The van der Waals surface area contributed by atoms with Crippen molar-refractivity contribution in [2.45, 2.75) is 19.3 Å². The Kier molecular flexibility index (Phi) is 3.69. The zero-order valence-electron chi connectivity index (χ0n) is 7.75. The number of carbonyl (C=O) groups is 1. The number of hydrogen-bond acceptors (Lipinski definition) is 3. The van der Waals surface area contributed by atoms with Gasteiger partial charge in [0, 0.05) is 12.3 Å². The molecule has 0 atom stereocenters. The van der Waals surface area contributed by atoms with Gasteiger partial charge in [-0.25, -0.2) is 0 Å². The summed E-state index contributed by atoms with van der Waals surface area (Å²) in [6.45, 7) is 2.62. The minimum Gasteiger partial charge on any atom is -0.330 e. The van der Waals surface area contributed by atoms with Crippen molar-refractivity contribution in [3.8, 4) is 0 Å². The number of rotatable bonds is 3. The van der Waals surface area contributed by atoms with Crippen LogP contribution in [0.3, 0.4) is 0 Å². The molecule has 0 radical (unpaired) electrons. The Morgan fingerprint density at radius 1 is 1.50 bits per heavy atom. The van der Waals surface area contributed by atoms with Crippen molar-refractivity contribution in [2.24, 2.45) is 11.7 Å². The van der Waals surface area contributed by atoms with E-state index in [9.17, 15) is 4.79 Å². The molecule has 1 aliphatic rings. The zero-order valence-corrected chi connectivity index (χ0v) is 7.75. The van der Waals surface area contributed by atoms with E-state index in [-0.39, 0.29) is 0 Å². The van der Waals surface area contributed by atoms with Gasteiger partial charge in [-0.1, -0.05) is 0 Å². The molecule has 1 heterocycles.